The molecule has 1 aliphatic rings. The van der Waals surface area contributed by atoms with Crippen LogP contribution in [0.3, 0.4) is 0 Å². The maximum absolute atomic E-state index is 10.2. The van der Waals surface area contributed by atoms with Crippen molar-refractivity contribution in [3.05, 3.63) is 0 Å². The van der Waals surface area contributed by atoms with Crippen LogP contribution in [0.1, 0.15) is 51.4 Å². The summed E-state index contributed by atoms with van der Waals surface area (Å²) in [5.41, 5.74) is 5.30. The number of hydrogen-bond donors (Lipinski definition) is 3. The summed E-state index contributed by atoms with van der Waals surface area (Å²) in [6.45, 7) is 0.749. The van der Waals surface area contributed by atoms with E-state index in [-0.39, 0.29) is 17.9 Å². The molecular weight excluding hydrogens is 252 g/mol. The summed E-state index contributed by atoms with van der Waals surface area (Å²) in [6.07, 6.45) is 5.74. The first-order valence-electron chi connectivity index (χ1n) is 6.45. The third kappa shape index (κ3) is 9.15. The van der Waals surface area contributed by atoms with Crippen molar-refractivity contribution in [1.82, 2.24) is 5.06 Å². The van der Waals surface area contributed by atoms with Crippen LogP contribution in [0.4, 0.5) is 0 Å². The van der Waals surface area contributed by atoms with Crippen LogP contribution in [0.5, 0.6) is 0 Å². The van der Waals surface area contributed by atoms with Crippen molar-refractivity contribution < 1.29 is 24.7 Å². The summed E-state index contributed by atoms with van der Waals surface area (Å²) >= 11 is 0. The molecule has 0 aromatic carbocycles. The van der Waals surface area contributed by atoms with Gasteiger partial charge >= 0.3 is 5.97 Å². The third-order valence-corrected chi connectivity index (χ3v) is 2.62. The van der Waals surface area contributed by atoms with Crippen LogP contribution in [-0.4, -0.2) is 39.7 Å². The first-order valence-corrected chi connectivity index (χ1v) is 6.45. The fourth-order valence-electron chi connectivity index (χ4n) is 1.52. The van der Waals surface area contributed by atoms with Crippen LogP contribution < -0.4 is 5.73 Å². The lowest BCUT2D eigenvalue weighted by molar-refractivity contribution is -0.171. The standard InChI is InChI=1S/C8H17NO2.C4H5NO3/c9-7-5-3-1-2-4-6-8(10)11;6-3-1-2-4(7)5(3)8/h1-7,9H2,(H,10,11);8H,1-2H2. The number of nitrogens with two attached hydrogens (primary N) is 1. The molecule has 19 heavy (non-hydrogen) atoms. The molecule has 0 atom stereocenters. The van der Waals surface area contributed by atoms with E-state index in [1.165, 1.54) is 0 Å². The summed E-state index contributed by atoms with van der Waals surface area (Å²) in [4.78, 5) is 30.5. The Balaban J connectivity index is 0.000000356. The fourth-order valence-corrected chi connectivity index (χ4v) is 1.52. The molecule has 0 aliphatic carbocycles. The Hall–Kier alpha value is -1.47. The Bertz CT molecular complexity index is 290. The quantitative estimate of drug-likeness (QED) is 0.360. The minimum atomic E-state index is -0.691. The van der Waals surface area contributed by atoms with Crippen LogP contribution in [0, 0.1) is 0 Å². The molecule has 0 unspecified atom stereocenters. The Morgan fingerprint density at radius 1 is 1.05 bits per heavy atom. The highest BCUT2D eigenvalue weighted by atomic mass is 16.5. The van der Waals surface area contributed by atoms with Crippen LogP contribution >= 0.6 is 0 Å². The molecule has 0 saturated carbocycles. The Kier molecular flexibility index (Phi) is 9.64. The number of nitrogens with zero attached hydrogens (tertiary/aromatic N) is 1. The maximum atomic E-state index is 10.2. The van der Waals surface area contributed by atoms with Gasteiger partial charge in [0.05, 0.1) is 0 Å². The second kappa shape index (κ2) is 10.5. The van der Waals surface area contributed by atoms with Gasteiger partial charge in [0, 0.05) is 19.3 Å². The zero-order chi connectivity index (χ0) is 14.7. The van der Waals surface area contributed by atoms with Crippen LogP contribution in [0.2, 0.25) is 0 Å². The first kappa shape index (κ1) is 17.5. The number of carbonyl (C=O) groups excluding carboxylic acids is 2. The predicted octanol–water partition coefficient (Wildman–Crippen LogP) is 0.895. The van der Waals surface area contributed by atoms with Crippen molar-refractivity contribution in [3.8, 4) is 0 Å². The average molecular weight is 274 g/mol. The fraction of sp³-hybridized carbons (Fsp3) is 0.750. The van der Waals surface area contributed by atoms with E-state index in [1.807, 2.05) is 0 Å². The highest BCUT2D eigenvalue weighted by Gasteiger charge is 2.26. The van der Waals surface area contributed by atoms with E-state index < -0.39 is 17.8 Å². The number of carboxylic acid groups (broad SMARTS) is 1. The van der Waals surface area contributed by atoms with E-state index in [9.17, 15) is 14.4 Å². The van der Waals surface area contributed by atoms with E-state index >= 15 is 0 Å². The summed E-state index contributed by atoms with van der Waals surface area (Å²) in [6, 6.07) is 0. The normalized spacial score (nSPS) is 14.3. The molecule has 0 aromatic heterocycles. The molecule has 0 spiro atoms. The molecule has 2 amide bonds. The molecule has 7 nitrogen and oxygen atoms in total. The lowest BCUT2D eigenvalue weighted by Crippen LogP contribution is -2.24. The zero-order valence-electron chi connectivity index (χ0n) is 11.0. The maximum Gasteiger partial charge on any atom is 0.303 e. The Labute approximate surface area is 112 Å². The number of hydroxylamine groups is 2. The van der Waals surface area contributed by atoms with E-state index in [1.54, 1.807) is 0 Å². The monoisotopic (exact) mass is 274 g/mol. The van der Waals surface area contributed by atoms with Gasteiger partial charge in [-0.05, 0) is 19.4 Å². The lowest BCUT2D eigenvalue weighted by Gasteiger charge is -1.98. The van der Waals surface area contributed by atoms with Crippen molar-refractivity contribution in [2.75, 3.05) is 6.54 Å². The van der Waals surface area contributed by atoms with Crippen molar-refractivity contribution in [2.24, 2.45) is 5.73 Å². The van der Waals surface area contributed by atoms with Gasteiger partial charge in [-0.2, -0.15) is 5.06 Å². The zero-order valence-corrected chi connectivity index (χ0v) is 11.0. The van der Waals surface area contributed by atoms with Crippen molar-refractivity contribution in [2.45, 2.75) is 51.4 Å². The van der Waals surface area contributed by atoms with Crippen LogP contribution in [-0.2, 0) is 14.4 Å². The minimum absolute atomic E-state index is 0.148. The lowest BCUT2D eigenvalue weighted by atomic mass is 10.1. The van der Waals surface area contributed by atoms with Crippen molar-refractivity contribution >= 4 is 17.8 Å². The number of aliphatic carboxylic acids is 1. The smallest absolute Gasteiger partial charge is 0.303 e. The number of carbonyl (C=O) groups is 3. The number of unbranched alkanes of at least 4 members (excludes halogenated alkanes) is 4. The van der Waals surface area contributed by atoms with Gasteiger partial charge in [0.2, 0.25) is 0 Å². The van der Waals surface area contributed by atoms with Crippen molar-refractivity contribution in [3.63, 3.8) is 0 Å². The molecule has 0 bridgehead atoms. The van der Waals surface area contributed by atoms with Gasteiger partial charge in [0.25, 0.3) is 11.8 Å². The Morgan fingerprint density at radius 2 is 1.53 bits per heavy atom. The number of imide groups is 1. The SMILES string of the molecule is NCCCCCCCC(=O)O.O=C1CCC(=O)N1O. The molecule has 7 heteroatoms. The number of amides is 2. The predicted molar refractivity (Wildman–Crippen MR) is 67.3 cm³/mol. The number of rotatable bonds is 7. The summed E-state index contributed by atoms with van der Waals surface area (Å²) in [7, 11) is 0. The average Bonchev–Trinajstić information content (AvgIpc) is 2.65. The third-order valence-electron chi connectivity index (χ3n) is 2.62. The summed E-state index contributed by atoms with van der Waals surface area (Å²) in [5, 5.41) is 16.9. The van der Waals surface area contributed by atoms with E-state index in [4.69, 9.17) is 16.0 Å². The van der Waals surface area contributed by atoms with Gasteiger partial charge in [-0.25, -0.2) is 0 Å². The van der Waals surface area contributed by atoms with Gasteiger partial charge < -0.3 is 10.8 Å². The van der Waals surface area contributed by atoms with E-state index in [0.29, 0.717) is 6.42 Å². The second-order valence-electron chi connectivity index (χ2n) is 4.30. The number of hydrogen-bond acceptors (Lipinski definition) is 5. The molecule has 1 rings (SSSR count). The highest BCUT2D eigenvalue weighted by Crippen LogP contribution is 2.07. The number of carboxylic acids is 1. The van der Waals surface area contributed by atoms with Crippen LogP contribution in [0.25, 0.3) is 0 Å². The van der Waals surface area contributed by atoms with Gasteiger partial charge in [0.15, 0.2) is 0 Å². The summed E-state index contributed by atoms with van der Waals surface area (Å²) in [5.74, 6) is -1.70. The molecule has 4 N–H and O–H groups in total. The van der Waals surface area contributed by atoms with Gasteiger partial charge in [-0.15, -0.1) is 0 Å². The molecule has 1 fully saturated rings. The highest BCUT2D eigenvalue weighted by molar-refractivity contribution is 6.00. The second-order valence-corrected chi connectivity index (χ2v) is 4.30. The molecule has 110 valence electrons. The van der Waals surface area contributed by atoms with Gasteiger partial charge in [-0.3, -0.25) is 19.6 Å². The van der Waals surface area contributed by atoms with Gasteiger partial charge in [-0.1, -0.05) is 19.3 Å². The molecular formula is C12H22N2O5. The molecule has 1 aliphatic heterocycles. The minimum Gasteiger partial charge on any atom is -0.481 e. The largest absolute Gasteiger partial charge is 0.481 e. The summed E-state index contributed by atoms with van der Waals surface area (Å²) < 4.78 is 0. The molecule has 0 radical (unpaired) electrons. The topological polar surface area (TPSA) is 121 Å². The Morgan fingerprint density at radius 3 is 1.89 bits per heavy atom. The van der Waals surface area contributed by atoms with Gasteiger partial charge in [0.1, 0.15) is 0 Å². The van der Waals surface area contributed by atoms with Crippen LogP contribution in [0.15, 0.2) is 0 Å². The van der Waals surface area contributed by atoms with E-state index in [0.717, 1.165) is 38.6 Å². The first-order chi connectivity index (χ1) is 8.99. The molecule has 1 heterocycles. The van der Waals surface area contributed by atoms with Crippen molar-refractivity contribution in [1.29, 1.82) is 0 Å². The molecule has 1 saturated heterocycles. The van der Waals surface area contributed by atoms with E-state index in [2.05, 4.69) is 0 Å². The molecule has 0 aromatic rings.